The average molecular weight is 1460 g/mol. The Hall–Kier alpha value is -15.4. The Labute approximate surface area is 657 Å². The molecule has 0 spiro atoms. The number of para-hydroxylation sites is 7. The molecular weight excluding hydrogens is 1390 g/mol. The van der Waals surface area contributed by atoms with Crippen molar-refractivity contribution in [2.75, 3.05) is 0 Å². The zero-order chi connectivity index (χ0) is 77.0. The fourth-order valence-corrected chi connectivity index (χ4v) is 17.9. The summed E-state index contributed by atoms with van der Waals surface area (Å²) in [5.74, 6) is 0. The van der Waals surface area contributed by atoms with Crippen molar-refractivity contribution < 1.29 is 0 Å². The Morgan fingerprint density at radius 3 is 1.16 bits per heavy atom. The second-order valence-electron chi connectivity index (χ2n) is 29.6. The average Bonchev–Trinajstić information content (AvgIpc) is 1.58. The van der Waals surface area contributed by atoms with Crippen molar-refractivity contribution in [1.82, 2.24) is 32.0 Å². The highest BCUT2D eigenvalue weighted by atomic mass is 15.0. The third-order valence-electron chi connectivity index (χ3n) is 23.3. The van der Waals surface area contributed by atoms with Crippen molar-refractivity contribution in [2.45, 2.75) is 6.92 Å². The number of rotatable bonds is 5. The van der Waals surface area contributed by atoms with Crippen LogP contribution in [-0.2, 0) is 28.2 Å². The van der Waals surface area contributed by atoms with Gasteiger partial charge in [0.25, 0.3) is 0 Å². The maximum Gasteiger partial charge on any atom is 0.189 e. The molecule has 0 amide bonds. The number of aryl methyl sites for hydroxylation is 5. The van der Waals surface area contributed by atoms with Crippen molar-refractivity contribution in [3.63, 3.8) is 0 Å². The summed E-state index contributed by atoms with van der Waals surface area (Å²) in [5.41, 5.74) is 28.2. The van der Waals surface area contributed by atoms with E-state index >= 15 is 0 Å². The number of nitrogens with zero attached hydrogens (tertiary/aromatic N) is 10. The van der Waals surface area contributed by atoms with Crippen LogP contribution in [-0.4, -0.2) is 32.0 Å². The van der Waals surface area contributed by atoms with Crippen LogP contribution in [0.2, 0.25) is 0 Å². The molecule has 10 nitrogen and oxygen atoms in total. The van der Waals surface area contributed by atoms with Crippen LogP contribution in [0.1, 0.15) is 16.7 Å². The molecule has 0 N–H and O–H groups in total. The maximum absolute atomic E-state index is 9.35. The number of aromatic nitrogens is 7. The number of fused-ring (bicyclic) bond motifs is 21. The molecule has 0 aliphatic rings. The van der Waals surface area contributed by atoms with Gasteiger partial charge in [-0.15, -0.1) is 0 Å². The first kappa shape index (κ1) is 67.9. The standard InChI is InChI=1S/C32H21N3.C26H17N3.C26H20N2.C20H14N2/c1-34-29-16-14-23(19-28(29)27-15-13-21(20-33)17-32(27)34)22-7-6-8-24(18-22)35-30-11-4-2-9-25(30)26-10-3-5-12-31(26)35;1-27-17-11-13-21-22-16-18(12-14-23(22)28(2)26(21)15-17)29-24-9-5-3-7-19(24)20-8-4-6-10-25(20)29;1-17-11-13-21-22-14-12-18(16-26(22)27(2)25(21)15-17)28-23-9-5-3-7-19(23)20-8-4-6-10-24(20)28;1-22-19-11-10-15(14-6-3-2-4-7-14)12-18(19)17-9-5-8-16(13-21)20(17)22/h2-19H,1H3;3-16H,2H3;3-16H,1-2H3;2-12H,1H3. The highest BCUT2D eigenvalue weighted by molar-refractivity contribution is 6.16. The minimum Gasteiger partial charge on any atom is -0.345 e. The zero-order valence-electron chi connectivity index (χ0n) is 63.4. The molecule has 0 bridgehead atoms. The molecule has 114 heavy (non-hydrogen) atoms. The highest BCUT2D eigenvalue weighted by Gasteiger charge is 2.20. The largest absolute Gasteiger partial charge is 0.345 e. The molecule has 0 aliphatic carbocycles. The fraction of sp³-hybridized carbons (Fsp3) is 0.0481. The molecule has 0 atom stereocenters. The third kappa shape index (κ3) is 11.0. The predicted molar refractivity (Wildman–Crippen MR) is 476 cm³/mol. The number of nitriles is 2. The normalized spacial score (nSPS) is 11.5. The Bertz CT molecular complexity index is 7880. The molecule has 0 aliphatic heterocycles. The summed E-state index contributed by atoms with van der Waals surface area (Å²) in [6.07, 6.45) is 0. The Kier molecular flexibility index (Phi) is 16.3. The van der Waals surface area contributed by atoms with Gasteiger partial charge < -0.3 is 32.0 Å². The monoisotopic (exact) mass is 1460 g/mol. The molecule has 16 aromatic carbocycles. The summed E-state index contributed by atoms with van der Waals surface area (Å²) in [5, 5.41) is 36.0. The lowest BCUT2D eigenvalue weighted by Crippen LogP contribution is -1.94. The first-order valence-corrected chi connectivity index (χ1v) is 38.3. The summed E-state index contributed by atoms with van der Waals surface area (Å²) in [6.45, 7) is 9.47. The van der Waals surface area contributed by atoms with Gasteiger partial charge in [-0.25, -0.2) is 4.85 Å². The van der Waals surface area contributed by atoms with E-state index in [0.717, 1.165) is 49.9 Å². The van der Waals surface area contributed by atoms with Crippen LogP contribution in [0.4, 0.5) is 5.69 Å². The molecule has 0 saturated carbocycles. The molecule has 10 heteroatoms. The van der Waals surface area contributed by atoms with Crippen molar-refractivity contribution in [1.29, 1.82) is 10.5 Å². The molecule has 7 heterocycles. The van der Waals surface area contributed by atoms with E-state index in [2.05, 4.69) is 380 Å². The SMILES string of the molecule is Cc1ccc2c3ccc(-n4c5ccccc5c5ccccc54)cc3n(C)c2c1.Cn1c2ccc(-c3cccc(-n4c5ccccc5c5ccccc54)c3)cc2c2ccc(C#N)cc21.Cn1c2ccc(-c3ccccc3)cc2c2cccc(C#N)c21.[C-]#[N+]c1ccc2c3cc(-n4c5ccccc5c5ccccc54)ccc3n(C)c2c1. The number of hydrogen-bond donors (Lipinski definition) is 0. The van der Waals surface area contributed by atoms with Gasteiger partial charge in [-0.2, -0.15) is 10.5 Å². The highest BCUT2D eigenvalue weighted by Crippen LogP contribution is 2.42. The first-order valence-electron chi connectivity index (χ1n) is 38.3. The smallest absolute Gasteiger partial charge is 0.189 e. The van der Waals surface area contributed by atoms with Crippen molar-refractivity contribution >= 4 is 158 Å². The number of hydrogen-bond acceptors (Lipinski definition) is 2. The van der Waals surface area contributed by atoms with Crippen LogP contribution in [0.5, 0.6) is 0 Å². The zero-order valence-corrected chi connectivity index (χ0v) is 63.4. The van der Waals surface area contributed by atoms with E-state index in [0.29, 0.717) is 11.3 Å². The van der Waals surface area contributed by atoms with Crippen molar-refractivity contribution in [3.8, 4) is 51.5 Å². The molecule has 7 aromatic heterocycles. The van der Waals surface area contributed by atoms with Gasteiger partial charge in [0, 0.05) is 148 Å². The lowest BCUT2D eigenvalue weighted by atomic mass is 10.0. The molecular formula is C104H72N10. The van der Waals surface area contributed by atoms with Crippen LogP contribution in [0.15, 0.2) is 346 Å². The topological polar surface area (TPSA) is 86.4 Å². The van der Waals surface area contributed by atoms with Crippen molar-refractivity contribution in [3.05, 3.63) is 374 Å². The van der Waals surface area contributed by atoms with Crippen LogP contribution in [0.3, 0.4) is 0 Å². The van der Waals surface area contributed by atoms with Gasteiger partial charge in [0.1, 0.15) is 6.07 Å². The predicted octanol–water partition coefficient (Wildman–Crippen LogP) is 26.6. The van der Waals surface area contributed by atoms with E-state index in [-0.39, 0.29) is 0 Å². The van der Waals surface area contributed by atoms with Crippen LogP contribution in [0.25, 0.3) is 197 Å². The van der Waals surface area contributed by atoms with Crippen LogP contribution in [0, 0.1) is 36.2 Å². The third-order valence-corrected chi connectivity index (χ3v) is 23.3. The van der Waals surface area contributed by atoms with Crippen molar-refractivity contribution in [2.24, 2.45) is 28.2 Å². The van der Waals surface area contributed by atoms with E-state index < -0.39 is 0 Å². The van der Waals surface area contributed by atoms with E-state index in [1.807, 2.05) is 49.5 Å². The first-order chi connectivity index (χ1) is 56.0. The summed E-state index contributed by atoms with van der Waals surface area (Å²) >= 11 is 0. The van der Waals surface area contributed by atoms with Gasteiger partial charge in [0.2, 0.25) is 0 Å². The van der Waals surface area contributed by atoms with Gasteiger partial charge in [0.05, 0.1) is 73.4 Å². The molecule has 0 saturated heterocycles. The Morgan fingerprint density at radius 1 is 0.246 bits per heavy atom. The van der Waals surface area contributed by atoms with E-state index in [1.54, 1.807) is 0 Å². The van der Waals surface area contributed by atoms with Crippen LogP contribution < -0.4 is 0 Å². The fourth-order valence-electron chi connectivity index (χ4n) is 17.9. The summed E-state index contributed by atoms with van der Waals surface area (Å²) < 4.78 is 15.9. The summed E-state index contributed by atoms with van der Waals surface area (Å²) in [4.78, 5) is 3.59. The van der Waals surface area contributed by atoms with Gasteiger partial charge in [-0.1, -0.05) is 212 Å². The Balaban J connectivity index is 0.0000000997. The van der Waals surface area contributed by atoms with Crippen LogP contribution >= 0.6 is 0 Å². The lowest BCUT2D eigenvalue weighted by molar-refractivity contribution is 1.01. The molecule has 0 fully saturated rings. The minimum absolute atomic E-state index is 0.672. The van der Waals surface area contributed by atoms with Gasteiger partial charge in [-0.05, 0) is 168 Å². The summed E-state index contributed by atoms with van der Waals surface area (Å²) in [6, 6.07) is 127. The molecule has 538 valence electrons. The quantitative estimate of drug-likeness (QED) is 0.161. The van der Waals surface area contributed by atoms with Gasteiger partial charge >= 0.3 is 0 Å². The molecule has 23 rings (SSSR count). The summed E-state index contributed by atoms with van der Waals surface area (Å²) in [7, 11) is 8.32. The van der Waals surface area contributed by atoms with E-state index in [4.69, 9.17) is 6.57 Å². The van der Waals surface area contributed by atoms with E-state index in [9.17, 15) is 10.5 Å². The second kappa shape index (κ2) is 27.3. The minimum atomic E-state index is 0.672. The number of benzene rings is 16. The van der Waals surface area contributed by atoms with E-state index in [1.165, 1.54) is 153 Å². The maximum atomic E-state index is 9.35. The second-order valence-corrected chi connectivity index (χ2v) is 29.6. The lowest BCUT2D eigenvalue weighted by Gasteiger charge is -2.10. The molecule has 23 aromatic rings. The molecule has 0 unspecified atom stereocenters. The Morgan fingerprint density at radius 2 is 0.614 bits per heavy atom. The van der Waals surface area contributed by atoms with Gasteiger partial charge in [0.15, 0.2) is 5.69 Å². The molecule has 0 radical (unpaired) electrons. The van der Waals surface area contributed by atoms with Gasteiger partial charge in [-0.3, -0.25) is 0 Å².